The van der Waals surface area contributed by atoms with Gasteiger partial charge in [0.1, 0.15) is 0 Å². The highest BCUT2D eigenvalue weighted by Gasteiger charge is 2.09. The number of hydrogen-bond donors (Lipinski definition) is 2. The van der Waals surface area contributed by atoms with Crippen LogP contribution in [0, 0.1) is 13.8 Å². The van der Waals surface area contributed by atoms with Crippen molar-refractivity contribution in [1.29, 1.82) is 0 Å². The molecule has 0 radical (unpaired) electrons. The number of nitrogens with one attached hydrogen (secondary N) is 2. The summed E-state index contributed by atoms with van der Waals surface area (Å²) in [6.07, 6.45) is 1.10. The molecule has 140 valence electrons. The first-order valence-electron chi connectivity index (χ1n) is 8.24. The molecule has 0 unspecified atom stereocenters. The summed E-state index contributed by atoms with van der Waals surface area (Å²) >= 11 is 1.77. The quantitative estimate of drug-likeness (QED) is 0.676. The minimum atomic E-state index is -3.33. The maximum Gasteiger partial charge on any atom is 0.251 e. The van der Waals surface area contributed by atoms with Crippen LogP contribution in [0.3, 0.4) is 0 Å². The Bertz CT molecular complexity index is 880. The van der Waals surface area contributed by atoms with Crippen molar-refractivity contribution in [2.45, 2.75) is 19.6 Å². The second-order valence-corrected chi connectivity index (χ2v) is 9.06. The third-order valence-electron chi connectivity index (χ3n) is 3.67. The van der Waals surface area contributed by atoms with Crippen LogP contribution in [-0.2, 0) is 15.8 Å². The smallest absolute Gasteiger partial charge is 0.251 e. The summed E-state index contributed by atoms with van der Waals surface area (Å²) in [5, 5.41) is 2.89. The minimum Gasteiger partial charge on any atom is -0.351 e. The second-order valence-electron chi connectivity index (χ2n) is 6.20. The SMILES string of the molecule is Cc1cccc(CSCCNC(=O)c2ccc(NS(C)(=O)=O)c(C)c2)c1. The molecule has 5 nitrogen and oxygen atoms in total. The molecule has 0 saturated carbocycles. The van der Waals surface area contributed by atoms with Crippen LogP contribution in [0.25, 0.3) is 0 Å². The topological polar surface area (TPSA) is 75.3 Å². The molecule has 26 heavy (non-hydrogen) atoms. The van der Waals surface area contributed by atoms with Crippen molar-refractivity contribution in [2.24, 2.45) is 0 Å². The number of hydrogen-bond acceptors (Lipinski definition) is 4. The Morgan fingerprint density at radius 3 is 2.54 bits per heavy atom. The second kappa shape index (κ2) is 9.09. The molecule has 0 bridgehead atoms. The normalized spacial score (nSPS) is 11.2. The molecular weight excluding hydrogens is 368 g/mol. The summed E-state index contributed by atoms with van der Waals surface area (Å²) in [5.41, 5.74) is 4.24. The van der Waals surface area contributed by atoms with Crippen LogP contribution in [0.1, 0.15) is 27.0 Å². The first-order valence-corrected chi connectivity index (χ1v) is 11.3. The Kier molecular flexibility index (Phi) is 7.11. The van der Waals surface area contributed by atoms with Crippen LogP contribution in [0.15, 0.2) is 42.5 Å². The zero-order valence-electron chi connectivity index (χ0n) is 15.2. The Labute approximate surface area is 159 Å². The maximum absolute atomic E-state index is 12.2. The van der Waals surface area contributed by atoms with Crippen LogP contribution in [0.2, 0.25) is 0 Å². The molecule has 0 saturated heterocycles. The van der Waals surface area contributed by atoms with E-state index in [4.69, 9.17) is 0 Å². The van der Waals surface area contributed by atoms with Gasteiger partial charge in [0.2, 0.25) is 10.0 Å². The molecule has 0 aromatic heterocycles. The number of anilines is 1. The van der Waals surface area contributed by atoms with E-state index in [1.807, 2.05) is 0 Å². The number of carbonyl (C=O) groups is 1. The number of rotatable bonds is 8. The third-order valence-corrected chi connectivity index (χ3v) is 5.29. The van der Waals surface area contributed by atoms with E-state index in [9.17, 15) is 13.2 Å². The molecule has 2 aromatic carbocycles. The van der Waals surface area contributed by atoms with Crippen molar-refractivity contribution >= 4 is 33.4 Å². The molecule has 2 rings (SSSR count). The summed E-state index contributed by atoms with van der Waals surface area (Å²) in [6.45, 7) is 4.42. The fourth-order valence-corrected chi connectivity index (χ4v) is 3.88. The molecule has 0 fully saturated rings. The van der Waals surface area contributed by atoms with Gasteiger partial charge in [-0.25, -0.2) is 8.42 Å². The minimum absolute atomic E-state index is 0.157. The van der Waals surface area contributed by atoms with Crippen LogP contribution in [-0.4, -0.2) is 32.9 Å². The Hall–Kier alpha value is -1.99. The van der Waals surface area contributed by atoms with E-state index >= 15 is 0 Å². The lowest BCUT2D eigenvalue weighted by Gasteiger charge is -2.10. The summed E-state index contributed by atoms with van der Waals surface area (Å²) in [5.74, 6) is 1.59. The number of thioether (sulfide) groups is 1. The van der Waals surface area contributed by atoms with Crippen LogP contribution in [0.5, 0.6) is 0 Å². The highest BCUT2D eigenvalue weighted by Crippen LogP contribution is 2.18. The zero-order chi connectivity index (χ0) is 19.2. The molecular formula is C19H24N2O3S2. The summed E-state index contributed by atoms with van der Waals surface area (Å²) in [7, 11) is -3.33. The van der Waals surface area contributed by atoms with Gasteiger partial charge in [0.05, 0.1) is 11.9 Å². The van der Waals surface area contributed by atoms with Gasteiger partial charge in [-0.05, 0) is 43.2 Å². The van der Waals surface area contributed by atoms with Gasteiger partial charge in [0, 0.05) is 23.6 Å². The van der Waals surface area contributed by atoms with Gasteiger partial charge in [0.15, 0.2) is 0 Å². The molecule has 0 aliphatic carbocycles. The number of amides is 1. The van der Waals surface area contributed by atoms with Gasteiger partial charge < -0.3 is 5.32 Å². The Morgan fingerprint density at radius 1 is 1.12 bits per heavy atom. The van der Waals surface area contributed by atoms with Crippen molar-refractivity contribution < 1.29 is 13.2 Å². The van der Waals surface area contributed by atoms with E-state index in [0.717, 1.165) is 17.8 Å². The van der Waals surface area contributed by atoms with Crippen molar-refractivity contribution in [3.63, 3.8) is 0 Å². The van der Waals surface area contributed by atoms with E-state index in [-0.39, 0.29) is 5.91 Å². The number of sulfonamides is 1. The largest absolute Gasteiger partial charge is 0.351 e. The first-order chi connectivity index (χ1) is 12.2. The van der Waals surface area contributed by atoms with Gasteiger partial charge in [-0.2, -0.15) is 11.8 Å². The highest BCUT2D eigenvalue weighted by atomic mass is 32.2. The fourth-order valence-electron chi connectivity index (χ4n) is 2.45. The van der Waals surface area contributed by atoms with Gasteiger partial charge in [-0.15, -0.1) is 0 Å². The predicted octanol–water partition coefficient (Wildman–Crippen LogP) is 3.34. The Morgan fingerprint density at radius 2 is 1.88 bits per heavy atom. The van der Waals surface area contributed by atoms with Crippen molar-refractivity contribution in [1.82, 2.24) is 5.32 Å². The molecule has 0 atom stereocenters. The molecule has 0 heterocycles. The van der Waals surface area contributed by atoms with Crippen molar-refractivity contribution in [3.05, 3.63) is 64.7 Å². The van der Waals surface area contributed by atoms with E-state index < -0.39 is 10.0 Å². The fraction of sp³-hybridized carbons (Fsp3) is 0.316. The number of carbonyl (C=O) groups excluding carboxylic acids is 1. The Balaban J connectivity index is 1.80. The van der Waals surface area contributed by atoms with Crippen LogP contribution >= 0.6 is 11.8 Å². The molecule has 0 aliphatic rings. The third kappa shape index (κ3) is 6.72. The summed E-state index contributed by atoms with van der Waals surface area (Å²) in [4.78, 5) is 12.2. The standard InChI is InChI=1S/C19H24N2O3S2/c1-14-5-4-6-16(11-14)13-25-10-9-20-19(22)17-7-8-18(15(2)12-17)21-26(3,23)24/h4-8,11-12,21H,9-10,13H2,1-3H3,(H,20,22). The summed E-state index contributed by atoms with van der Waals surface area (Å²) in [6, 6.07) is 13.3. The molecule has 0 aliphatic heterocycles. The number of aryl methyl sites for hydroxylation is 2. The van der Waals surface area contributed by atoms with E-state index in [2.05, 4.69) is 41.2 Å². The van der Waals surface area contributed by atoms with Gasteiger partial charge in [0.25, 0.3) is 5.91 Å². The molecule has 2 aromatic rings. The van der Waals surface area contributed by atoms with E-state index in [0.29, 0.717) is 23.4 Å². The molecule has 2 N–H and O–H groups in total. The average molecular weight is 393 g/mol. The molecule has 7 heteroatoms. The lowest BCUT2D eigenvalue weighted by Crippen LogP contribution is -2.26. The average Bonchev–Trinajstić information content (AvgIpc) is 2.55. The van der Waals surface area contributed by atoms with Crippen molar-refractivity contribution in [3.8, 4) is 0 Å². The summed E-state index contributed by atoms with van der Waals surface area (Å²) < 4.78 is 25.0. The predicted molar refractivity (Wildman–Crippen MR) is 109 cm³/mol. The molecule has 1 amide bonds. The van der Waals surface area contributed by atoms with Gasteiger partial charge in [-0.1, -0.05) is 29.8 Å². The van der Waals surface area contributed by atoms with Crippen LogP contribution < -0.4 is 10.0 Å². The zero-order valence-corrected chi connectivity index (χ0v) is 16.8. The van der Waals surface area contributed by atoms with E-state index in [1.165, 1.54) is 11.1 Å². The first kappa shape index (κ1) is 20.3. The van der Waals surface area contributed by atoms with E-state index in [1.54, 1.807) is 36.9 Å². The van der Waals surface area contributed by atoms with Crippen molar-refractivity contribution in [2.75, 3.05) is 23.3 Å². The maximum atomic E-state index is 12.2. The van der Waals surface area contributed by atoms with Gasteiger partial charge >= 0.3 is 0 Å². The molecule has 0 spiro atoms. The lowest BCUT2D eigenvalue weighted by atomic mass is 10.1. The number of benzene rings is 2. The highest BCUT2D eigenvalue weighted by molar-refractivity contribution is 7.98. The van der Waals surface area contributed by atoms with Crippen LogP contribution in [0.4, 0.5) is 5.69 Å². The van der Waals surface area contributed by atoms with Gasteiger partial charge in [-0.3, -0.25) is 9.52 Å². The monoisotopic (exact) mass is 392 g/mol. The lowest BCUT2D eigenvalue weighted by molar-refractivity contribution is 0.0956.